The van der Waals surface area contributed by atoms with Gasteiger partial charge in [0.25, 0.3) is 0 Å². The summed E-state index contributed by atoms with van der Waals surface area (Å²) in [5.41, 5.74) is 0. The maximum Gasteiger partial charge on any atom is 0.189 e. The van der Waals surface area contributed by atoms with Gasteiger partial charge in [-0.05, 0) is 11.7 Å². The Kier molecular flexibility index (Phi) is 5.32. The molecule has 0 aromatic rings. The number of hydrogen-bond donors (Lipinski definition) is 1. The van der Waals surface area contributed by atoms with Crippen LogP contribution in [0.4, 0.5) is 0 Å². The monoisotopic (exact) mass is 148 g/mol. The molecule has 0 aliphatic carbocycles. The third-order valence-corrected chi connectivity index (χ3v) is 1.17. The van der Waals surface area contributed by atoms with Gasteiger partial charge in [-0.3, -0.25) is 4.79 Å². The molecule has 0 rings (SSSR count). The minimum atomic E-state index is -0.0877. The van der Waals surface area contributed by atoms with E-state index in [2.05, 4.69) is 12.6 Å². The molecule has 0 aliphatic rings. The molecular weight excluding hydrogens is 140 g/mol. The molecule has 0 unspecified atom stereocenters. The topological polar surface area (TPSA) is 17.1 Å². The van der Waals surface area contributed by atoms with Crippen molar-refractivity contribution in [1.29, 1.82) is 0 Å². The van der Waals surface area contributed by atoms with Crippen LogP contribution < -0.4 is 0 Å². The van der Waals surface area contributed by atoms with Gasteiger partial charge in [-0.2, -0.15) is 0 Å². The fourth-order valence-electron chi connectivity index (χ4n) is 0.245. The van der Waals surface area contributed by atoms with Gasteiger partial charge in [0, 0.05) is 6.42 Å². The molecule has 0 aromatic carbocycles. The van der Waals surface area contributed by atoms with E-state index in [1.165, 1.54) is 0 Å². The number of thiol groups is 1. The van der Waals surface area contributed by atoms with Crippen molar-refractivity contribution in [1.82, 2.24) is 0 Å². The number of hydrogen-bond acceptors (Lipinski definition) is 2. The molecular formula is C5H8OS2. The number of allylic oxidation sites excluding steroid dienone is 1. The van der Waals surface area contributed by atoms with Gasteiger partial charge >= 0.3 is 0 Å². The molecule has 1 nitrogen and oxygen atoms in total. The van der Waals surface area contributed by atoms with E-state index in [0.717, 1.165) is 0 Å². The van der Waals surface area contributed by atoms with E-state index in [9.17, 15) is 4.79 Å². The van der Waals surface area contributed by atoms with E-state index in [1.807, 2.05) is 11.7 Å². The van der Waals surface area contributed by atoms with Crippen LogP contribution in [0.2, 0.25) is 0 Å². The van der Waals surface area contributed by atoms with E-state index in [1.54, 1.807) is 17.8 Å². The highest BCUT2D eigenvalue weighted by Crippen LogP contribution is 1.96. The van der Waals surface area contributed by atoms with Crippen molar-refractivity contribution in [2.45, 2.75) is 6.42 Å². The zero-order valence-corrected chi connectivity index (χ0v) is 6.34. The summed E-state index contributed by atoms with van der Waals surface area (Å²) in [6.07, 6.45) is 4.17. The minimum absolute atomic E-state index is 0.0877. The molecule has 0 heterocycles. The predicted octanol–water partition coefficient (Wildman–Crippen LogP) is 1.71. The first kappa shape index (κ1) is 8.11. The van der Waals surface area contributed by atoms with Crippen molar-refractivity contribution in [3.8, 4) is 0 Å². The Bertz CT molecular complexity index is 98.6. The molecule has 0 N–H and O–H groups in total. The highest BCUT2D eigenvalue weighted by atomic mass is 32.2. The van der Waals surface area contributed by atoms with Gasteiger partial charge in [0.2, 0.25) is 0 Å². The Morgan fingerprint density at radius 2 is 2.50 bits per heavy atom. The summed E-state index contributed by atoms with van der Waals surface area (Å²) in [4.78, 5) is 10.1. The second-order valence-corrected chi connectivity index (χ2v) is 2.45. The average molecular weight is 148 g/mol. The maximum absolute atomic E-state index is 10.1. The molecule has 0 fully saturated rings. The van der Waals surface area contributed by atoms with Crippen molar-refractivity contribution < 1.29 is 4.79 Å². The van der Waals surface area contributed by atoms with E-state index in [0.29, 0.717) is 6.42 Å². The van der Waals surface area contributed by atoms with Crippen molar-refractivity contribution in [2.75, 3.05) is 6.26 Å². The van der Waals surface area contributed by atoms with Gasteiger partial charge in [-0.15, -0.1) is 24.4 Å². The van der Waals surface area contributed by atoms with Crippen molar-refractivity contribution in [3.63, 3.8) is 0 Å². The fourth-order valence-corrected chi connectivity index (χ4v) is 0.639. The summed E-state index contributed by atoms with van der Waals surface area (Å²) in [6, 6.07) is 0. The third-order valence-electron chi connectivity index (χ3n) is 0.525. The first-order valence-electron chi connectivity index (χ1n) is 2.17. The fraction of sp³-hybridized carbons (Fsp3) is 0.400. The lowest BCUT2D eigenvalue weighted by Gasteiger charge is -1.79. The minimum Gasteiger partial charge on any atom is -0.287 e. The Morgan fingerprint density at radius 3 is 2.88 bits per heavy atom. The zero-order chi connectivity index (χ0) is 6.41. The van der Waals surface area contributed by atoms with Crippen molar-refractivity contribution in [2.24, 2.45) is 0 Å². The van der Waals surface area contributed by atoms with Crippen molar-refractivity contribution >= 4 is 29.5 Å². The first-order chi connectivity index (χ1) is 3.77. The van der Waals surface area contributed by atoms with E-state index < -0.39 is 0 Å². The standard InChI is InChI=1S/C5H8OS2/c1-8-4-2-3-5(6)7/h2,4H,3H2,1H3,(H,6,7). The smallest absolute Gasteiger partial charge is 0.189 e. The maximum atomic E-state index is 10.1. The predicted molar refractivity (Wildman–Crippen MR) is 41.3 cm³/mol. The summed E-state index contributed by atoms with van der Waals surface area (Å²) in [7, 11) is 0. The quantitative estimate of drug-likeness (QED) is 0.614. The molecule has 0 atom stereocenters. The molecule has 0 amide bonds. The van der Waals surface area contributed by atoms with Crippen LogP contribution in [0.5, 0.6) is 0 Å². The molecule has 0 spiro atoms. The van der Waals surface area contributed by atoms with Crippen LogP contribution in [0.15, 0.2) is 11.5 Å². The molecule has 0 saturated heterocycles. The number of rotatable bonds is 3. The Morgan fingerprint density at radius 1 is 1.88 bits per heavy atom. The van der Waals surface area contributed by atoms with Gasteiger partial charge in [0.05, 0.1) is 0 Å². The van der Waals surface area contributed by atoms with Crippen LogP contribution >= 0.6 is 24.4 Å². The van der Waals surface area contributed by atoms with E-state index in [4.69, 9.17) is 0 Å². The molecule has 3 heteroatoms. The summed E-state index contributed by atoms with van der Waals surface area (Å²) in [5.74, 6) is 0. The second kappa shape index (κ2) is 5.25. The lowest BCUT2D eigenvalue weighted by Crippen LogP contribution is -1.78. The largest absolute Gasteiger partial charge is 0.287 e. The van der Waals surface area contributed by atoms with E-state index in [-0.39, 0.29) is 5.12 Å². The van der Waals surface area contributed by atoms with Crippen LogP contribution in [0.3, 0.4) is 0 Å². The SMILES string of the molecule is CSC=CCC(=O)S. The molecule has 0 radical (unpaired) electrons. The Labute approximate surface area is 58.9 Å². The average Bonchev–Trinajstić information content (AvgIpc) is 1.66. The summed E-state index contributed by atoms with van der Waals surface area (Å²) < 4.78 is 0. The van der Waals surface area contributed by atoms with E-state index >= 15 is 0 Å². The van der Waals surface area contributed by atoms with Gasteiger partial charge in [-0.25, -0.2) is 0 Å². The first-order valence-corrected chi connectivity index (χ1v) is 3.90. The lowest BCUT2D eigenvalue weighted by molar-refractivity contribution is -0.110. The van der Waals surface area contributed by atoms with Crippen molar-refractivity contribution in [3.05, 3.63) is 11.5 Å². The summed E-state index contributed by atoms with van der Waals surface area (Å²) >= 11 is 5.15. The molecule has 46 valence electrons. The summed E-state index contributed by atoms with van der Waals surface area (Å²) in [5, 5.41) is 1.78. The van der Waals surface area contributed by atoms with Crippen LogP contribution in [-0.2, 0) is 4.79 Å². The molecule has 0 aliphatic heterocycles. The lowest BCUT2D eigenvalue weighted by atomic mass is 10.5. The Hall–Kier alpha value is 0.110. The molecule has 0 saturated carbocycles. The molecule has 0 aromatic heterocycles. The second-order valence-electron chi connectivity index (χ2n) is 1.21. The molecule has 0 bridgehead atoms. The number of carbonyl (C=O) groups is 1. The highest BCUT2D eigenvalue weighted by molar-refractivity contribution is 8.01. The van der Waals surface area contributed by atoms with Crippen LogP contribution in [0, 0.1) is 0 Å². The number of thioether (sulfide) groups is 1. The summed E-state index contributed by atoms with van der Waals surface area (Å²) in [6.45, 7) is 0. The van der Waals surface area contributed by atoms with Crippen LogP contribution in [-0.4, -0.2) is 11.4 Å². The van der Waals surface area contributed by atoms with Crippen LogP contribution in [0.1, 0.15) is 6.42 Å². The normalized spacial score (nSPS) is 10.2. The van der Waals surface area contributed by atoms with Crippen LogP contribution in [0.25, 0.3) is 0 Å². The van der Waals surface area contributed by atoms with Gasteiger partial charge < -0.3 is 0 Å². The van der Waals surface area contributed by atoms with Gasteiger partial charge in [0.15, 0.2) is 5.12 Å². The van der Waals surface area contributed by atoms with Gasteiger partial charge in [-0.1, -0.05) is 6.08 Å². The number of carbonyl (C=O) groups excluding carboxylic acids is 1. The van der Waals surface area contributed by atoms with Gasteiger partial charge in [0.1, 0.15) is 0 Å². The Balaban J connectivity index is 3.16. The zero-order valence-electron chi connectivity index (χ0n) is 4.63. The molecule has 8 heavy (non-hydrogen) atoms. The third kappa shape index (κ3) is 6.11. The highest BCUT2D eigenvalue weighted by Gasteiger charge is 1.84.